The van der Waals surface area contributed by atoms with Crippen LogP contribution in [0.1, 0.15) is 12.0 Å². The first-order valence-electron chi connectivity index (χ1n) is 4.20. The molecule has 0 saturated heterocycles. The van der Waals surface area contributed by atoms with Crippen LogP contribution in [0.3, 0.4) is 0 Å². The molecular formula is C10H12BrClO. The van der Waals surface area contributed by atoms with Gasteiger partial charge in [0.15, 0.2) is 0 Å². The largest absolute Gasteiger partial charge is 0.494 e. The summed E-state index contributed by atoms with van der Waals surface area (Å²) in [5.41, 5.74) is 1.25. The Morgan fingerprint density at radius 1 is 1.23 bits per heavy atom. The fraction of sp³-hybridized carbons (Fsp3) is 0.400. The van der Waals surface area contributed by atoms with Crippen LogP contribution in [0.15, 0.2) is 24.3 Å². The Labute approximate surface area is 92.2 Å². The van der Waals surface area contributed by atoms with E-state index in [-0.39, 0.29) is 0 Å². The van der Waals surface area contributed by atoms with Gasteiger partial charge < -0.3 is 4.74 Å². The molecule has 0 heterocycles. The molecule has 3 heteroatoms. The molecule has 72 valence electrons. The molecule has 0 aromatic heterocycles. The minimum absolute atomic E-state index is 0.652. The van der Waals surface area contributed by atoms with Crippen molar-refractivity contribution in [2.45, 2.75) is 11.8 Å². The molecule has 13 heavy (non-hydrogen) atoms. The van der Waals surface area contributed by atoms with E-state index in [0.29, 0.717) is 12.5 Å². The molecule has 0 saturated carbocycles. The lowest BCUT2D eigenvalue weighted by Gasteiger charge is -2.04. The fourth-order valence-corrected chi connectivity index (χ4v) is 1.40. The molecule has 0 fully saturated rings. The molecule has 0 N–H and O–H groups in total. The number of ether oxygens (including phenoxy) is 1. The Morgan fingerprint density at radius 2 is 1.92 bits per heavy atom. The second-order valence-electron chi connectivity index (χ2n) is 2.67. The predicted octanol–water partition coefficient (Wildman–Crippen LogP) is 3.59. The minimum atomic E-state index is 0.652. The minimum Gasteiger partial charge on any atom is -0.494 e. The Balaban J connectivity index is 2.40. The van der Waals surface area contributed by atoms with Gasteiger partial charge in [0.2, 0.25) is 0 Å². The van der Waals surface area contributed by atoms with Crippen molar-refractivity contribution in [3.05, 3.63) is 29.8 Å². The molecule has 0 amide bonds. The standard InChI is InChI=1S/C10H12BrClO/c11-8-9-2-4-10(5-3-9)13-7-1-6-12/h2-5H,1,6-8H2. The Kier molecular flexibility index (Phi) is 5.25. The van der Waals surface area contributed by atoms with Gasteiger partial charge >= 0.3 is 0 Å². The van der Waals surface area contributed by atoms with E-state index in [2.05, 4.69) is 15.9 Å². The van der Waals surface area contributed by atoms with Crippen LogP contribution in [-0.4, -0.2) is 12.5 Å². The van der Waals surface area contributed by atoms with Crippen LogP contribution in [0.2, 0.25) is 0 Å². The Morgan fingerprint density at radius 3 is 2.46 bits per heavy atom. The smallest absolute Gasteiger partial charge is 0.119 e. The zero-order valence-corrected chi connectivity index (χ0v) is 9.64. The first kappa shape index (κ1) is 10.9. The Hall–Kier alpha value is -0.210. The number of hydrogen-bond acceptors (Lipinski definition) is 1. The molecule has 0 aliphatic carbocycles. The molecule has 0 atom stereocenters. The highest BCUT2D eigenvalue weighted by Gasteiger charge is 1.93. The van der Waals surface area contributed by atoms with E-state index in [9.17, 15) is 0 Å². The van der Waals surface area contributed by atoms with Gasteiger partial charge in [-0.05, 0) is 24.1 Å². The van der Waals surface area contributed by atoms with Crippen molar-refractivity contribution in [1.82, 2.24) is 0 Å². The lowest BCUT2D eigenvalue weighted by molar-refractivity contribution is 0.318. The van der Waals surface area contributed by atoms with E-state index < -0.39 is 0 Å². The van der Waals surface area contributed by atoms with Crippen molar-refractivity contribution in [2.24, 2.45) is 0 Å². The maximum atomic E-state index is 5.53. The summed E-state index contributed by atoms with van der Waals surface area (Å²) in [6, 6.07) is 8.05. The van der Waals surface area contributed by atoms with Gasteiger partial charge in [0.25, 0.3) is 0 Å². The van der Waals surface area contributed by atoms with E-state index in [0.717, 1.165) is 17.5 Å². The van der Waals surface area contributed by atoms with Gasteiger partial charge in [0.1, 0.15) is 5.75 Å². The lowest BCUT2D eigenvalue weighted by atomic mass is 10.2. The second kappa shape index (κ2) is 6.28. The van der Waals surface area contributed by atoms with Crippen LogP contribution in [0.25, 0.3) is 0 Å². The van der Waals surface area contributed by atoms with Crippen molar-refractivity contribution in [2.75, 3.05) is 12.5 Å². The van der Waals surface area contributed by atoms with Gasteiger partial charge in [-0.1, -0.05) is 28.1 Å². The number of rotatable bonds is 5. The molecule has 0 spiro atoms. The van der Waals surface area contributed by atoms with Gasteiger partial charge in [-0.15, -0.1) is 11.6 Å². The summed E-state index contributed by atoms with van der Waals surface area (Å²) in [5, 5.41) is 0.884. The summed E-state index contributed by atoms with van der Waals surface area (Å²) in [7, 11) is 0. The normalized spacial score (nSPS) is 10.0. The lowest BCUT2D eigenvalue weighted by Crippen LogP contribution is -1.97. The fourth-order valence-electron chi connectivity index (χ4n) is 0.919. The maximum Gasteiger partial charge on any atom is 0.119 e. The molecule has 0 aliphatic rings. The molecule has 1 rings (SSSR count). The maximum absolute atomic E-state index is 5.53. The van der Waals surface area contributed by atoms with E-state index >= 15 is 0 Å². The highest BCUT2D eigenvalue weighted by atomic mass is 79.9. The number of halogens is 2. The SMILES string of the molecule is ClCCCOc1ccc(CBr)cc1. The summed E-state index contributed by atoms with van der Waals surface area (Å²) in [4.78, 5) is 0. The van der Waals surface area contributed by atoms with Crippen molar-refractivity contribution in [3.63, 3.8) is 0 Å². The summed E-state index contributed by atoms with van der Waals surface area (Å²) in [6.07, 6.45) is 0.891. The third-order valence-corrected chi connectivity index (χ3v) is 2.54. The summed E-state index contributed by atoms with van der Waals surface area (Å²) >= 11 is 8.92. The van der Waals surface area contributed by atoms with Crippen LogP contribution < -0.4 is 4.74 Å². The topological polar surface area (TPSA) is 9.23 Å². The summed E-state index contributed by atoms with van der Waals surface area (Å²) < 4.78 is 5.45. The predicted molar refractivity (Wildman–Crippen MR) is 59.9 cm³/mol. The van der Waals surface area contributed by atoms with Crippen molar-refractivity contribution < 1.29 is 4.74 Å². The van der Waals surface area contributed by atoms with Crippen molar-refractivity contribution in [3.8, 4) is 5.75 Å². The first-order valence-corrected chi connectivity index (χ1v) is 5.86. The van der Waals surface area contributed by atoms with E-state index in [1.165, 1.54) is 5.56 Å². The zero-order valence-electron chi connectivity index (χ0n) is 7.30. The molecule has 0 radical (unpaired) electrons. The van der Waals surface area contributed by atoms with Gasteiger partial charge in [-0.25, -0.2) is 0 Å². The Bertz CT molecular complexity index is 235. The molecule has 1 aromatic carbocycles. The zero-order chi connectivity index (χ0) is 9.52. The van der Waals surface area contributed by atoms with Crippen molar-refractivity contribution in [1.29, 1.82) is 0 Å². The summed E-state index contributed by atoms with van der Waals surface area (Å²) in [6.45, 7) is 0.692. The highest BCUT2D eigenvalue weighted by Crippen LogP contribution is 2.14. The molecule has 0 bridgehead atoms. The highest BCUT2D eigenvalue weighted by molar-refractivity contribution is 9.08. The van der Waals surface area contributed by atoms with Crippen LogP contribution in [-0.2, 0) is 5.33 Å². The number of alkyl halides is 2. The van der Waals surface area contributed by atoms with Gasteiger partial charge in [-0.2, -0.15) is 0 Å². The average Bonchev–Trinajstić information content (AvgIpc) is 2.19. The van der Waals surface area contributed by atoms with Gasteiger partial charge in [0.05, 0.1) is 6.61 Å². The molecule has 1 nitrogen and oxygen atoms in total. The molecular weight excluding hydrogens is 251 g/mol. The number of benzene rings is 1. The van der Waals surface area contributed by atoms with Crippen molar-refractivity contribution >= 4 is 27.5 Å². The van der Waals surface area contributed by atoms with E-state index in [1.807, 2.05) is 24.3 Å². The third kappa shape index (κ3) is 4.01. The molecule has 0 unspecified atom stereocenters. The molecule has 0 aliphatic heterocycles. The first-order chi connectivity index (χ1) is 6.36. The molecule has 1 aromatic rings. The number of hydrogen-bond donors (Lipinski definition) is 0. The van der Waals surface area contributed by atoms with Crippen LogP contribution in [0.5, 0.6) is 5.75 Å². The van der Waals surface area contributed by atoms with Crippen LogP contribution in [0.4, 0.5) is 0 Å². The second-order valence-corrected chi connectivity index (χ2v) is 3.61. The average molecular weight is 264 g/mol. The van der Waals surface area contributed by atoms with Crippen LogP contribution >= 0.6 is 27.5 Å². The van der Waals surface area contributed by atoms with E-state index in [1.54, 1.807) is 0 Å². The third-order valence-electron chi connectivity index (χ3n) is 1.62. The quantitative estimate of drug-likeness (QED) is 0.583. The van der Waals surface area contributed by atoms with E-state index in [4.69, 9.17) is 16.3 Å². The summed E-state index contributed by atoms with van der Waals surface area (Å²) in [5.74, 6) is 1.56. The van der Waals surface area contributed by atoms with Gasteiger partial charge in [-0.3, -0.25) is 0 Å². The monoisotopic (exact) mass is 262 g/mol. The van der Waals surface area contributed by atoms with Gasteiger partial charge in [0, 0.05) is 11.2 Å². The van der Waals surface area contributed by atoms with Crippen LogP contribution in [0, 0.1) is 0 Å².